The summed E-state index contributed by atoms with van der Waals surface area (Å²) in [6, 6.07) is 1.60. The Kier molecular flexibility index (Phi) is 5.92. The molecule has 1 aromatic carbocycles. The van der Waals surface area contributed by atoms with Crippen molar-refractivity contribution in [2.45, 2.75) is 46.1 Å². The van der Waals surface area contributed by atoms with Crippen molar-refractivity contribution in [3.63, 3.8) is 0 Å². The zero-order valence-corrected chi connectivity index (χ0v) is 12.2. The van der Waals surface area contributed by atoms with Gasteiger partial charge in [-0.15, -0.1) is 0 Å². The Hall–Kier alpha value is -1.65. The number of amides is 1. The number of nitrogens with one attached hydrogen (secondary N) is 1. The highest BCUT2D eigenvalue weighted by atomic mass is 19.1. The normalized spacial score (nSPS) is 12.5. The van der Waals surface area contributed by atoms with Crippen LogP contribution in [0.15, 0.2) is 12.1 Å². The molecule has 0 aromatic heterocycles. The van der Waals surface area contributed by atoms with Gasteiger partial charge in [-0.1, -0.05) is 26.7 Å². The fourth-order valence-electron chi connectivity index (χ4n) is 1.95. The van der Waals surface area contributed by atoms with Gasteiger partial charge in [-0.05, 0) is 25.3 Å². The summed E-state index contributed by atoms with van der Waals surface area (Å²) in [6.07, 6.45) is 2.90. The predicted octanol–water partition coefficient (Wildman–Crippen LogP) is 3.49. The number of halogens is 2. The van der Waals surface area contributed by atoms with E-state index in [0.29, 0.717) is 12.0 Å². The molecule has 0 bridgehead atoms. The molecular formula is C15H22F2N2O. The van der Waals surface area contributed by atoms with Crippen LogP contribution >= 0.6 is 0 Å². The Bertz CT molecular complexity index is 475. The molecule has 1 atom stereocenters. The second-order valence-corrected chi connectivity index (χ2v) is 5.55. The number of carbonyl (C=O) groups excluding carboxylic acids is 1. The summed E-state index contributed by atoms with van der Waals surface area (Å²) >= 11 is 0. The SMILES string of the molecule is CC(C)CCCC(C)NC(=O)c1cc(N)c(F)cc1F. The van der Waals surface area contributed by atoms with Gasteiger partial charge >= 0.3 is 0 Å². The van der Waals surface area contributed by atoms with Crippen LogP contribution in [0.2, 0.25) is 0 Å². The van der Waals surface area contributed by atoms with Gasteiger partial charge in [0.05, 0.1) is 11.3 Å². The maximum absolute atomic E-state index is 13.5. The molecule has 0 aliphatic heterocycles. The predicted molar refractivity (Wildman–Crippen MR) is 76.4 cm³/mol. The third-order valence-corrected chi connectivity index (χ3v) is 3.13. The average molecular weight is 284 g/mol. The lowest BCUT2D eigenvalue weighted by molar-refractivity contribution is 0.0933. The number of rotatable bonds is 6. The lowest BCUT2D eigenvalue weighted by atomic mass is 10.0. The van der Waals surface area contributed by atoms with Gasteiger partial charge in [0, 0.05) is 12.1 Å². The second kappa shape index (κ2) is 7.22. The zero-order valence-electron chi connectivity index (χ0n) is 12.2. The molecule has 1 amide bonds. The van der Waals surface area contributed by atoms with Crippen LogP contribution in [0, 0.1) is 17.6 Å². The first-order valence-electron chi connectivity index (χ1n) is 6.86. The fourth-order valence-corrected chi connectivity index (χ4v) is 1.95. The van der Waals surface area contributed by atoms with Crippen molar-refractivity contribution in [2.75, 3.05) is 5.73 Å². The molecule has 3 N–H and O–H groups in total. The summed E-state index contributed by atoms with van der Waals surface area (Å²) in [5.74, 6) is -1.70. The van der Waals surface area contributed by atoms with Gasteiger partial charge in [0.25, 0.3) is 5.91 Å². The minimum atomic E-state index is -0.899. The largest absolute Gasteiger partial charge is 0.396 e. The summed E-state index contributed by atoms with van der Waals surface area (Å²) in [6.45, 7) is 6.14. The number of anilines is 1. The summed E-state index contributed by atoms with van der Waals surface area (Å²) in [5, 5.41) is 2.70. The van der Waals surface area contributed by atoms with E-state index in [9.17, 15) is 13.6 Å². The molecule has 0 radical (unpaired) electrons. The van der Waals surface area contributed by atoms with E-state index in [4.69, 9.17) is 5.73 Å². The zero-order chi connectivity index (χ0) is 15.3. The monoisotopic (exact) mass is 284 g/mol. The van der Waals surface area contributed by atoms with Crippen LogP contribution in [0.3, 0.4) is 0 Å². The van der Waals surface area contributed by atoms with Crippen molar-refractivity contribution in [2.24, 2.45) is 5.92 Å². The van der Waals surface area contributed by atoms with E-state index in [0.717, 1.165) is 25.3 Å². The lowest BCUT2D eigenvalue weighted by Crippen LogP contribution is -2.33. The molecule has 5 heteroatoms. The first kappa shape index (κ1) is 16.4. The van der Waals surface area contributed by atoms with E-state index in [1.54, 1.807) is 0 Å². The van der Waals surface area contributed by atoms with E-state index >= 15 is 0 Å². The number of hydrogen-bond donors (Lipinski definition) is 2. The maximum atomic E-state index is 13.5. The van der Waals surface area contributed by atoms with E-state index in [2.05, 4.69) is 19.2 Å². The standard InChI is InChI=1S/C15H22F2N2O/c1-9(2)5-4-6-10(3)19-15(20)11-7-14(18)13(17)8-12(11)16/h7-10H,4-6,18H2,1-3H3,(H,19,20). The van der Waals surface area contributed by atoms with Gasteiger partial charge in [0.1, 0.15) is 11.6 Å². The van der Waals surface area contributed by atoms with E-state index < -0.39 is 17.5 Å². The Morgan fingerprint density at radius 3 is 2.45 bits per heavy atom. The quantitative estimate of drug-likeness (QED) is 0.786. The van der Waals surface area contributed by atoms with E-state index in [1.807, 2.05) is 6.92 Å². The molecule has 1 rings (SSSR count). The second-order valence-electron chi connectivity index (χ2n) is 5.55. The number of benzene rings is 1. The van der Waals surface area contributed by atoms with Crippen molar-refractivity contribution < 1.29 is 13.6 Å². The van der Waals surface area contributed by atoms with Crippen molar-refractivity contribution in [3.8, 4) is 0 Å². The molecule has 3 nitrogen and oxygen atoms in total. The molecule has 20 heavy (non-hydrogen) atoms. The van der Waals surface area contributed by atoms with Crippen LogP contribution in [0.4, 0.5) is 14.5 Å². The van der Waals surface area contributed by atoms with Crippen LogP contribution in [0.5, 0.6) is 0 Å². The molecule has 0 heterocycles. The topological polar surface area (TPSA) is 55.1 Å². The molecule has 0 aliphatic carbocycles. The number of carbonyl (C=O) groups is 1. The highest BCUT2D eigenvalue weighted by Crippen LogP contribution is 2.17. The molecule has 1 unspecified atom stereocenters. The van der Waals surface area contributed by atoms with Crippen molar-refractivity contribution >= 4 is 11.6 Å². The molecule has 112 valence electrons. The minimum absolute atomic E-state index is 0.0630. The van der Waals surface area contributed by atoms with Gasteiger partial charge < -0.3 is 11.1 Å². The van der Waals surface area contributed by atoms with Gasteiger partial charge in [0.15, 0.2) is 0 Å². The summed E-state index contributed by atoms with van der Waals surface area (Å²) in [4.78, 5) is 11.9. The van der Waals surface area contributed by atoms with Gasteiger partial charge in [-0.2, -0.15) is 0 Å². The molecule has 0 spiro atoms. The van der Waals surface area contributed by atoms with Crippen LogP contribution in [0.25, 0.3) is 0 Å². The number of nitrogen functional groups attached to an aromatic ring is 1. The van der Waals surface area contributed by atoms with Crippen LogP contribution in [-0.4, -0.2) is 11.9 Å². The van der Waals surface area contributed by atoms with E-state index in [1.165, 1.54) is 0 Å². The first-order valence-corrected chi connectivity index (χ1v) is 6.86. The molecular weight excluding hydrogens is 262 g/mol. The fraction of sp³-hybridized carbons (Fsp3) is 0.533. The van der Waals surface area contributed by atoms with Gasteiger partial charge in [-0.25, -0.2) is 8.78 Å². The summed E-state index contributed by atoms with van der Waals surface area (Å²) < 4.78 is 26.6. The Morgan fingerprint density at radius 1 is 1.20 bits per heavy atom. The highest BCUT2D eigenvalue weighted by molar-refractivity contribution is 5.95. The third kappa shape index (κ3) is 4.79. The Morgan fingerprint density at radius 2 is 1.85 bits per heavy atom. The molecule has 0 aliphatic rings. The van der Waals surface area contributed by atoms with Crippen LogP contribution in [0.1, 0.15) is 50.4 Å². The first-order chi connectivity index (χ1) is 9.31. The third-order valence-electron chi connectivity index (χ3n) is 3.13. The van der Waals surface area contributed by atoms with Gasteiger partial charge in [0.2, 0.25) is 0 Å². The minimum Gasteiger partial charge on any atom is -0.396 e. The smallest absolute Gasteiger partial charge is 0.254 e. The average Bonchev–Trinajstić information content (AvgIpc) is 2.33. The number of hydrogen-bond acceptors (Lipinski definition) is 2. The van der Waals surface area contributed by atoms with Crippen molar-refractivity contribution in [3.05, 3.63) is 29.3 Å². The molecule has 1 aromatic rings. The summed E-state index contributed by atoms with van der Waals surface area (Å²) in [7, 11) is 0. The molecule has 0 saturated heterocycles. The van der Waals surface area contributed by atoms with Crippen molar-refractivity contribution in [1.82, 2.24) is 5.32 Å². The summed E-state index contributed by atoms with van der Waals surface area (Å²) in [5.41, 5.74) is 4.89. The van der Waals surface area contributed by atoms with Crippen LogP contribution in [-0.2, 0) is 0 Å². The molecule has 0 saturated carbocycles. The van der Waals surface area contributed by atoms with Gasteiger partial charge in [-0.3, -0.25) is 4.79 Å². The Balaban J connectivity index is 2.60. The van der Waals surface area contributed by atoms with Crippen LogP contribution < -0.4 is 11.1 Å². The van der Waals surface area contributed by atoms with E-state index in [-0.39, 0.29) is 17.3 Å². The maximum Gasteiger partial charge on any atom is 0.254 e. The highest BCUT2D eigenvalue weighted by Gasteiger charge is 2.16. The lowest BCUT2D eigenvalue weighted by Gasteiger charge is -2.15. The number of nitrogens with two attached hydrogens (primary N) is 1. The molecule has 0 fully saturated rings. The van der Waals surface area contributed by atoms with Crippen molar-refractivity contribution in [1.29, 1.82) is 0 Å². The Labute approximate surface area is 118 Å².